The summed E-state index contributed by atoms with van der Waals surface area (Å²) in [5.41, 5.74) is 2.33. The molecule has 3 aromatic rings. The Morgan fingerprint density at radius 2 is 1.74 bits per heavy atom. The highest BCUT2D eigenvalue weighted by Crippen LogP contribution is 2.30. The van der Waals surface area contributed by atoms with E-state index in [4.69, 9.17) is 14.2 Å². The van der Waals surface area contributed by atoms with Crippen molar-refractivity contribution in [2.24, 2.45) is 0 Å². The van der Waals surface area contributed by atoms with Crippen molar-refractivity contribution in [3.63, 3.8) is 0 Å². The van der Waals surface area contributed by atoms with E-state index in [-0.39, 0.29) is 12.2 Å². The van der Waals surface area contributed by atoms with Crippen LogP contribution in [0.4, 0.5) is 5.69 Å². The fourth-order valence-corrected chi connectivity index (χ4v) is 3.05. The fraction of sp³-hybridized carbons (Fsp3) is 0.148. The van der Waals surface area contributed by atoms with Crippen molar-refractivity contribution < 1.29 is 23.8 Å². The molecule has 0 aromatic heterocycles. The number of hydrogen-bond acceptors (Lipinski definition) is 6. The van der Waals surface area contributed by atoms with Gasteiger partial charge in [0.2, 0.25) is 0 Å². The summed E-state index contributed by atoms with van der Waals surface area (Å²) in [6.07, 6.45) is 1.47. The van der Waals surface area contributed by atoms with E-state index in [2.05, 4.69) is 5.32 Å². The van der Waals surface area contributed by atoms with Crippen LogP contribution in [0.3, 0.4) is 0 Å². The van der Waals surface area contributed by atoms with Crippen LogP contribution in [-0.4, -0.2) is 25.6 Å². The topological polar surface area (TPSA) is 97.7 Å². The zero-order chi connectivity index (χ0) is 24.3. The molecule has 0 spiro atoms. The molecule has 3 rings (SSSR count). The molecule has 0 aliphatic heterocycles. The third-order valence-corrected chi connectivity index (χ3v) is 4.75. The van der Waals surface area contributed by atoms with Gasteiger partial charge in [-0.1, -0.05) is 36.4 Å². The van der Waals surface area contributed by atoms with Crippen LogP contribution in [0, 0.1) is 11.3 Å². The van der Waals surface area contributed by atoms with Gasteiger partial charge in [0.1, 0.15) is 18.2 Å². The van der Waals surface area contributed by atoms with Gasteiger partial charge >= 0.3 is 5.97 Å². The molecule has 34 heavy (non-hydrogen) atoms. The molecule has 0 aliphatic carbocycles. The number of hydrogen-bond donors (Lipinski definition) is 1. The van der Waals surface area contributed by atoms with Crippen molar-refractivity contribution in [3.8, 4) is 17.6 Å². The first-order valence-corrected chi connectivity index (χ1v) is 10.6. The van der Waals surface area contributed by atoms with E-state index >= 15 is 0 Å². The van der Waals surface area contributed by atoms with Gasteiger partial charge in [-0.25, -0.2) is 4.79 Å². The van der Waals surface area contributed by atoms with E-state index in [9.17, 15) is 14.9 Å². The second-order valence-corrected chi connectivity index (χ2v) is 7.11. The van der Waals surface area contributed by atoms with E-state index < -0.39 is 11.9 Å². The lowest BCUT2D eigenvalue weighted by Crippen LogP contribution is -2.13. The molecule has 7 heteroatoms. The van der Waals surface area contributed by atoms with Gasteiger partial charge in [-0.3, -0.25) is 4.79 Å². The Morgan fingerprint density at radius 3 is 2.38 bits per heavy atom. The first-order valence-electron chi connectivity index (χ1n) is 10.6. The quantitative estimate of drug-likeness (QED) is 0.277. The minimum absolute atomic E-state index is 0.0892. The minimum Gasteiger partial charge on any atom is -0.493 e. The predicted octanol–water partition coefficient (Wildman–Crippen LogP) is 5.00. The number of carbonyl (C=O) groups excluding carboxylic acids is 2. The number of nitrogens with zero attached hydrogens (tertiary/aromatic N) is 1. The number of benzene rings is 3. The molecule has 0 heterocycles. The van der Waals surface area contributed by atoms with Gasteiger partial charge in [-0.05, 0) is 60.5 Å². The number of carbonyl (C=O) groups is 2. The lowest BCUT2D eigenvalue weighted by Gasteiger charge is -2.12. The lowest BCUT2D eigenvalue weighted by molar-refractivity contribution is -0.112. The molecular weight excluding hydrogens is 432 g/mol. The summed E-state index contributed by atoms with van der Waals surface area (Å²) in [4.78, 5) is 24.4. The molecule has 3 aromatic carbocycles. The van der Waals surface area contributed by atoms with Crippen LogP contribution in [0.2, 0.25) is 0 Å². The summed E-state index contributed by atoms with van der Waals surface area (Å²) in [7, 11) is 1.54. The van der Waals surface area contributed by atoms with Crippen molar-refractivity contribution in [1.82, 2.24) is 0 Å². The van der Waals surface area contributed by atoms with Crippen LogP contribution in [-0.2, 0) is 16.1 Å². The van der Waals surface area contributed by atoms with Crippen LogP contribution in [0.5, 0.6) is 11.5 Å². The van der Waals surface area contributed by atoms with Gasteiger partial charge in [0.25, 0.3) is 5.91 Å². The first-order chi connectivity index (χ1) is 16.5. The summed E-state index contributed by atoms with van der Waals surface area (Å²) in [5.74, 6) is 0.0156. The molecule has 0 aliphatic rings. The fourth-order valence-electron chi connectivity index (χ4n) is 3.05. The second-order valence-electron chi connectivity index (χ2n) is 7.11. The minimum atomic E-state index is -0.575. The number of anilines is 1. The molecule has 0 fully saturated rings. The summed E-state index contributed by atoms with van der Waals surface area (Å²) in [6, 6.07) is 23.0. The number of methoxy groups -OCH3 is 1. The smallest absolute Gasteiger partial charge is 0.338 e. The van der Waals surface area contributed by atoms with E-state index in [1.54, 1.807) is 56.5 Å². The highest BCUT2D eigenvalue weighted by molar-refractivity contribution is 6.09. The zero-order valence-corrected chi connectivity index (χ0v) is 18.9. The Balaban J connectivity index is 1.74. The second kappa shape index (κ2) is 11.9. The van der Waals surface area contributed by atoms with Crippen molar-refractivity contribution in [3.05, 3.63) is 95.1 Å². The number of nitriles is 1. The highest BCUT2D eigenvalue weighted by Gasteiger charge is 2.12. The van der Waals surface area contributed by atoms with E-state index in [0.717, 1.165) is 5.56 Å². The normalized spacial score (nSPS) is 10.7. The van der Waals surface area contributed by atoms with Crippen LogP contribution in [0.1, 0.15) is 28.4 Å². The maximum Gasteiger partial charge on any atom is 0.338 e. The number of amides is 1. The molecule has 7 nitrogen and oxygen atoms in total. The number of esters is 1. The molecule has 0 saturated heterocycles. The van der Waals surface area contributed by atoms with Crippen molar-refractivity contribution in [2.75, 3.05) is 19.0 Å². The van der Waals surface area contributed by atoms with Crippen LogP contribution >= 0.6 is 0 Å². The summed E-state index contributed by atoms with van der Waals surface area (Å²) < 4.78 is 16.2. The Morgan fingerprint density at radius 1 is 1.00 bits per heavy atom. The van der Waals surface area contributed by atoms with E-state index in [1.165, 1.54) is 6.08 Å². The van der Waals surface area contributed by atoms with Gasteiger partial charge in [-0.2, -0.15) is 5.26 Å². The van der Waals surface area contributed by atoms with Gasteiger partial charge in [0.05, 0.1) is 19.3 Å². The van der Waals surface area contributed by atoms with Crippen molar-refractivity contribution >= 4 is 23.6 Å². The largest absolute Gasteiger partial charge is 0.493 e. The van der Waals surface area contributed by atoms with Gasteiger partial charge < -0.3 is 19.5 Å². The maximum atomic E-state index is 12.6. The Labute approximate surface area is 198 Å². The first kappa shape index (κ1) is 24.1. The Kier molecular flexibility index (Phi) is 8.42. The van der Waals surface area contributed by atoms with Crippen molar-refractivity contribution in [1.29, 1.82) is 5.26 Å². The van der Waals surface area contributed by atoms with Gasteiger partial charge in [0, 0.05) is 5.69 Å². The summed E-state index contributed by atoms with van der Waals surface area (Å²) in [5, 5.41) is 12.2. The standard InChI is InChI=1S/C27H24N2O5/c1-3-33-27(31)21-10-12-23(13-11-21)29-26(30)22(17-28)15-20-9-14-24(32-2)25(16-20)34-18-19-7-5-4-6-8-19/h4-16H,3,18H2,1-2H3,(H,29,30)/b22-15+. The number of ether oxygens (including phenoxy) is 3. The van der Waals surface area contributed by atoms with Gasteiger partial charge in [-0.15, -0.1) is 0 Å². The Hall–Kier alpha value is -4.57. The molecule has 1 amide bonds. The Bertz CT molecular complexity index is 1210. The van der Waals surface area contributed by atoms with E-state index in [1.807, 2.05) is 36.4 Å². The SMILES string of the molecule is CCOC(=O)c1ccc(NC(=O)/C(C#N)=C/c2ccc(OC)c(OCc3ccccc3)c2)cc1. The zero-order valence-electron chi connectivity index (χ0n) is 18.9. The van der Waals surface area contributed by atoms with E-state index in [0.29, 0.717) is 34.9 Å². The molecule has 0 unspecified atom stereocenters. The highest BCUT2D eigenvalue weighted by atomic mass is 16.5. The van der Waals surface area contributed by atoms with Crippen molar-refractivity contribution in [2.45, 2.75) is 13.5 Å². The van der Waals surface area contributed by atoms with Crippen LogP contribution < -0.4 is 14.8 Å². The average molecular weight is 456 g/mol. The molecule has 0 radical (unpaired) electrons. The summed E-state index contributed by atoms with van der Waals surface area (Å²) >= 11 is 0. The predicted molar refractivity (Wildman–Crippen MR) is 128 cm³/mol. The van der Waals surface area contributed by atoms with Crippen LogP contribution in [0.25, 0.3) is 6.08 Å². The third kappa shape index (κ3) is 6.47. The number of rotatable bonds is 9. The van der Waals surface area contributed by atoms with Crippen LogP contribution in [0.15, 0.2) is 78.4 Å². The molecular formula is C27H24N2O5. The summed E-state index contributed by atoms with van der Waals surface area (Å²) in [6.45, 7) is 2.35. The third-order valence-electron chi connectivity index (χ3n) is 4.75. The molecule has 0 bridgehead atoms. The van der Waals surface area contributed by atoms with Gasteiger partial charge in [0.15, 0.2) is 11.5 Å². The average Bonchev–Trinajstić information content (AvgIpc) is 2.87. The molecule has 0 saturated carbocycles. The molecule has 0 atom stereocenters. The molecule has 1 N–H and O–H groups in total. The lowest BCUT2D eigenvalue weighted by atomic mass is 10.1. The number of nitrogens with one attached hydrogen (secondary N) is 1. The maximum absolute atomic E-state index is 12.6. The molecule has 172 valence electrons. The monoisotopic (exact) mass is 456 g/mol.